The predicted molar refractivity (Wildman–Crippen MR) is 67.8 cm³/mol. The maximum absolute atomic E-state index is 8.78. The Bertz CT molecular complexity index is 371. The van der Waals surface area contributed by atoms with E-state index in [-0.39, 0.29) is 0 Å². The minimum Gasteiger partial charge on any atom is -0.193 e. The molecule has 0 heterocycles. The Kier molecular flexibility index (Phi) is 5.14. The SMILES string of the molecule is CCCc1ccc(/C=C(\C#N)CBr)cc1. The Morgan fingerprint density at radius 3 is 2.53 bits per heavy atom. The van der Waals surface area contributed by atoms with Crippen LogP contribution < -0.4 is 0 Å². The molecular formula is C13H14BrN. The van der Waals surface area contributed by atoms with E-state index in [9.17, 15) is 0 Å². The zero-order valence-electron chi connectivity index (χ0n) is 8.83. The lowest BCUT2D eigenvalue weighted by Gasteiger charge is -1.99. The lowest BCUT2D eigenvalue weighted by Crippen LogP contribution is -1.84. The van der Waals surface area contributed by atoms with Gasteiger partial charge in [-0.2, -0.15) is 5.26 Å². The topological polar surface area (TPSA) is 23.8 Å². The van der Waals surface area contributed by atoms with Crippen molar-refractivity contribution in [2.75, 3.05) is 5.33 Å². The fourth-order valence-corrected chi connectivity index (χ4v) is 1.66. The molecule has 0 bridgehead atoms. The van der Waals surface area contributed by atoms with E-state index >= 15 is 0 Å². The number of allylic oxidation sites excluding steroid dienone is 1. The standard InChI is InChI=1S/C13H14BrN/c1-2-3-11-4-6-12(7-5-11)8-13(9-14)10-15/h4-8H,2-3,9H2,1H3/b13-8-. The van der Waals surface area contributed by atoms with Crippen molar-refractivity contribution in [2.24, 2.45) is 0 Å². The number of halogens is 1. The number of rotatable bonds is 4. The van der Waals surface area contributed by atoms with Crippen molar-refractivity contribution in [1.29, 1.82) is 5.26 Å². The molecule has 0 aromatic heterocycles. The van der Waals surface area contributed by atoms with E-state index in [4.69, 9.17) is 5.26 Å². The van der Waals surface area contributed by atoms with Gasteiger partial charge in [0.25, 0.3) is 0 Å². The summed E-state index contributed by atoms with van der Waals surface area (Å²) >= 11 is 3.28. The van der Waals surface area contributed by atoms with Crippen LogP contribution in [0, 0.1) is 11.3 Å². The van der Waals surface area contributed by atoms with Crippen molar-refractivity contribution in [2.45, 2.75) is 19.8 Å². The van der Waals surface area contributed by atoms with Crippen molar-refractivity contribution < 1.29 is 0 Å². The van der Waals surface area contributed by atoms with Crippen LogP contribution in [-0.2, 0) is 6.42 Å². The summed E-state index contributed by atoms with van der Waals surface area (Å²) in [5, 5.41) is 9.39. The number of hydrogen-bond donors (Lipinski definition) is 0. The molecule has 0 saturated heterocycles. The van der Waals surface area contributed by atoms with Crippen molar-refractivity contribution in [3.8, 4) is 6.07 Å². The highest BCUT2D eigenvalue weighted by atomic mass is 79.9. The monoisotopic (exact) mass is 263 g/mol. The Morgan fingerprint density at radius 1 is 1.40 bits per heavy atom. The third kappa shape index (κ3) is 3.89. The van der Waals surface area contributed by atoms with E-state index < -0.39 is 0 Å². The smallest absolute Gasteiger partial charge is 0.0956 e. The molecule has 1 aromatic carbocycles. The second-order valence-electron chi connectivity index (χ2n) is 3.41. The van der Waals surface area contributed by atoms with Gasteiger partial charge in [0.15, 0.2) is 0 Å². The molecule has 0 unspecified atom stereocenters. The molecule has 0 atom stereocenters. The van der Waals surface area contributed by atoms with Gasteiger partial charge in [0, 0.05) is 10.9 Å². The fraction of sp³-hybridized carbons (Fsp3) is 0.308. The molecule has 0 amide bonds. The largest absolute Gasteiger partial charge is 0.193 e. The van der Waals surface area contributed by atoms with Crippen LogP contribution in [0.5, 0.6) is 0 Å². The van der Waals surface area contributed by atoms with Gasteiger partial charge < -0.3 is 0 Å². The van der Waals surface area contributed by atoms with Gasteiger partial charge in [-0.1, -0.05) is 53.5 Å². The first-order chi connectivity index (χ1) is 7.30. The molecule has 0 aliphatic rings. The molecule has 0 N–H and O–H groups in total. The molecule has 78 valence electrons. The summed E-state index contributed by atoms with van der Waals surface area (Å²) in [6, 6.07) is 10.5. The third-order valence-electron chi connectivity index (χ3n) is 2.15. The average Bonchev–Trinajstić information content (AvgIpc) is 2.28. The summed E-state index contributed by atoms with van der Waals surface area (Å²) in [7, 11) is 0. The Labute approximate surface area is 99.6 Å². The maximum atomic E-state index is 8.78. The van der Waals surface area contributed by atoms with Crippen molar-refractivity contribution >= 4 is 22.0 Å². The molecule has 0 radical (unpaired) electrons. The van der Waals surface area contributed by atoms with E-state index in [1.807, 2.05) is 6.08 Å². The van der Waals surface area contributed by atoms with E-state index in [2.05, 4.69) is 53.2 Å². The number of nitrogens with zero attached hydrogens (tertiary/aromatic N) is 1. The summed E-state index contributed by atoms with van der Waals surface area (Å²) in [5.41, 5.74) is 3.19. The molecule has 1 rings (SSSR count). The van der Waals surface area contributed by atoms with E-state index in [1.165, 1.54) is 12.0 Å². The van der Waals surface area contributed by atoms with Crippen LogP contribution in [0.15, 0.2) is 29.8 Å². The molecule has 0 aliphatic carbocycles. The third-order valence-corrected chi connectivity index (χ3v) is 2.75. The number of alkyl halides is 1. The molecule has 0 fully saturated rings. The summed E-state index contributed by atoms with van der Waals surface area (Å²) in [4.78, 5) is 0. The van der Waals surface area contributed by atoms with Crippen molar-refractivity contribution in [3.05, 3.63) is 41.0 Å². The summed E-state index contributed by atoms with van der Waals surface area (Å²) in [6.07, 6.45) is 4.19. The van der Waals surface area contributed by atoms with Crippen LogP contribution in [0.1, 0.15) is 24.5 Å². The van der Waals surface area contributed by atoms with Gasteiger partial charge in [-0.3, -0.25) is 0 Å². The van der Waals surface area contributed by atoms with Crippen LogP contribution in [0.2, 0.25) is 0 Å². The molecule has 0 spiro atoms. The zero-order chi connectivity index (χ0) is 11.1. The second-order valence-corrected chi connectivity index (χ2v) is 3.97. The van der Waals surface area contributed by atoms with Crippen LogP contribution in [0.3, 0.4) is 0 Å². The highest BCUT2D eigenvalue weighted by Crippen LogP contribution is 2.11. The first-order valence-corrected chi connectivity index (χ1v) is 6.18. The predicted octanol–water partition coefficient (Wildman–Crippen LogP) is 3.94. The molecular weight excluding hydrogens is 250 g/mol. The van der Waals surface area contributed by atoms with Crippen LogP contribution in [-0.4, -0.2) is 5.33 Å². The van der Waals surface area contributed by atoms with E-state index in [0.717, 1.165) is 17.6 Å². The zero-order valence-corrected chi connectivity index (χ0v) is 10.4. The molecule has 2 heteroatoms. The molecule has 15 heavy (non-hydrogen) atoms. The van der Waals surface area contributed by atoms with Gasteiger partial charge in [-0.15, -0.1) is 0 Å². The first-order valence-electron chi connectivity index (χ1n) is 5.05. The average molecular weight is 264 g/mol. The Hall–Kier alpha value is -1.07. The van der Waals surface area contributed by atoms with Gasteiger partial charge in [0.2, 0.25) is 0 Å². The Balaban J connectivity index is 2.81. The van der Waals surface area contributed by atoms with E-state index in [0.29, 0.717) is 5.33 Å². The molecule has 0 saturated carbocycles. The minimum atomic E-state index is 0.611. The number of hydrogen-bond acceptors (Lipinski definition) is 1. The van der Waals surface area contributed by atoms with Crippen molar-refractivity contribution in [1.82, 2.24) is 0 Å². The summed E-state index contributed by atoms with van der Waals surface area (Å²) in [5.74, 6) is 0. The summed E-state index contributed by atoms with van der Waals surface area (Å²) in [6.45, 7) is 2.17. The molecule has 0 aliphatic heterocycles. The summed E-state index contributed by atoms with van der Waals surface area (Å²) < 4.78 is 0. The molecule has 1 nitrogen and oxygen atoms in total. The van der Waals surface area contributed by atoms with E-state index in [1.54, 1.807) is 0 Å². The quantitative estimate of drug-likeness (QED) is 0.596. The van der Waals surface area contributed by atoms with Crippen molar-refractivity contribution in [3.63, 3.8) is 0 Å². The number of nitriles is 1. The van der Waals surface area contributed by atoms with Crippen LogP contribution in [0.25, 0.3) is 6.08 Å². The van der Waals surface area contributed by atoms with Gasteiger partial charge >= 0.3 is 0 Å². The Morgan fingerprint density at radius 2 is 2.07 bits per heavy atom. The lowest BCUT2D eigenvalue weighted by atomic mass is 10.1. The highest BCUT2D eigenvalue weighted by molar-refractivity contribution is 9.09. The fourth-order valence-electron chi connectivity index (χ4n) is 1.37. The highest BCUT2D eigenvalue weighted by Gasteiger charge is 1.95. The molecule has 1 aromatic rings. The number of benzene rings is 1. The van der Waals surface area contributed by atoms with Crippen LogP contribution >= 0.6 is 15.9 Å². The van der Waals surface area contributed by atoms with Crippen LogP contribution in [0.4, 0.5) is 0 Å². The first kappa shape index (κ1) is 12.0. The van der Waals surface area contributed by atoms with Gasteiger partial charge in [-0.05, 0) is 23.6 Å². The number of aryl methyl sites for hydroxylation is 1. The van der Waals surface area contributed by atoms with Gasteiger partial charge in [-0.25, -0.2) is 0 Å². The lowest BCUT2D eigenvalue weighted by molar-refractivity contribution is 0.922. The van der Waals surface area contributed by atoms with Gasteiger partial charge in [0.05, 0.1) is 6.07 Å². The van der Waals surface area contributed by atoms with Gasteiger partial charge in [0.1, 0.15) is 0 Å². The second kappa shape index (κ2) is 6.42. The normalized spacial score (nSPS) is 11.1. The minimum absolute atomic E-state index is 0.611. The maximum Gasteiger partial charge on any atom is 0.0956 e.